The summed E-state index contributed by atoms with van der Waals surface area (Å²) in [4.78, 5) is 19.2. The van der Waals surface area contributed by atoms with Gasteiger partial charge in [0.2, 0.25) is 5.91 Å². The minimum absolute atomic E-state index is 0.107. The first-order valence-corrected chi connectivity index (χ1v) is 8.28. The highest BCUT2D eigenvalue weighted by molar-refractivity contribution is 5.80. The van der Waals surface area contributed by atoms with Crippen LogP contribution in [0.3, 0.4) is 0 Å². The van der Waals surface area contributed by atoms with E-state index in [1.54, 1.807) is 18.3 Å². The lowest BCUT2D eigenvalue weighted by Crippen LogP contribution is -2.40. The Bertz CT molecular complexity index is 773. The van der Waals surface area contributed by atoms with Gasteiger partial charge in [0, 0.05) is 39.1 Å². The third-order valence-corrected chi connectivity index (χ3v) is 5.01. The maximum absolute atomic E-state index is 13.3. The van der Waals surface area contributed by atoms with Crippen LogP contribution in [0.5, 0.6) is 0 Å². The number of halogens is 1. The third kappa shape index (κ3) is 2.60. The lowest BCUT2D eigenvalue weighted by molar-refractivity contribution is -0.138. The Labute approximate surface area is 140 Å². The van der Waals surface area contributed by atoms with Gasteiger partial charge < -0.3 is 14.2 Å². The average Bonchev–Trinajstić information content (AvgIpc) is 3.22. The van der Waals surface area contributed by atoms with Crippen molar-refractivity contribution in [3.05, 3.63) is 53.4 Å². The molecule has 4 rings (SSSR count). The number of carbonyl (C=O) groups excluding carboxylic acids is 1. The molecule has 1 amide bonds. The standard InChI is InChI=1S/C18H20FN3O2/c1-21-8-6-20-17(21)16-15(5-9-24-16)18(23)22-7-4-12-10-14(19)3-2-13(12)11-22/h2-3,6,8,10,15-16H,4-5,7,9,11H2,1H3/t15-,16-/m1/s1. The highest BCUT2D eigenvalue weighted by Gasteiger charge is 2.40. The van der Waals surface area contributed by atoms with Crippen LogP contribution in [0.15, 0.2) is 30.6 Å². The number of imidazole rings is 1. The van der Waals surface area contributed by atoms with Crippen LogP contribution >= 0.6 is 0 Å². The molecule has 2 aromatic rings. The zero-order valence-corrected chi connectivity index (χ0v) is 13.6. The van der Waals surface area contributed by atoms with Crippen molar-refractivity contribution in [2.75, 3.05) is 13.2 Å². The Morgan fingerprint density at radius 1 is 1.38 bits per heavy atom. The van der Waals surface area contributed by atoms with Crippen LogP contribution in [-0.4, -0.2) is 33.5 Å². The number of aryl methyl sites for hydroxylation is 1. The number of rotatable bonds is 2. The molecule has 0 unspecified atom stereocenters. The molecule has 1 saturated heterocycles. The summed E-state index contributed by atoms with van der Waals surface area (Å²) < 4.78 is 21.1. The van der Waals surface area contributed by atoms with Crippen LogP contribution in [0.25, 0.3) is 0 Å². The molecule has 2 atom stereocenters. The molecule has 6 heteroatoms. The van der Waals surface area contributed by atoms with Crippen molar-refractivity contribution < 1.29 is 13.9 Å². The summed E-state index contributed by atoms with van der Waals surface area (Å²) in [7, 11) is 1.91. The highest BCUT2D eigenvalue weighted by atomic mass is 19.1. The van der Waals surface area contributed by atoms with Crippen molar-refractivity contribution in [2.45, 2.75) is 25.5 Å². The van der Waals surface area contributed by atoms with Gasteiger partial charge in [-0.1, -0.05) is 6.07 Å². The first kappa shape index (κ1) is 15.3. The zero-order chi connectivity index (χ0) is 16.7. The van der Waals surface area contributed by atoms with E-state index >= 15 is 0 Å². The molecular weight excluding hydrogens is 309 g/mol. The van der Waals surface area contributed by atoms with E-state index in [1.807, 2.05) is 22.7 Å². The van der Waals surface area contributed by atoms with Crippen LogP contribution in [0.4, 0.5) is 4.39 Å². The van der Waals surface area contributed by atoms with E-state index in [0.29, 0.717) is 32.5 Å². The van der Waals surface area contributed by atoms with Gasteiger partial charge in [0.25, 0.3) is 0 Å². The summed E-state index contributed by atoms with van der Waals surface area (Å²) in [6.07, 6.45) is 4.71. The van der Waals surface area contributed by atoms with Gasteiger partial charge in [-0.15, -0.1) is 0 Å². The van der Waals surface area contributed by atoms with E-state index in [-0.39, 0.29) is 23.7 Å². The van der Waals surface area contributed by atoms with E-state index in [4.69, 9.17) is 4.74 Å². The summed E-state index contributed by atoms with van der Waals surface area (Å²) in [6.45, 7) is 1.74. The van der Waals surface area contributed by atoms with Gasteiger partial charge in [0.15, 0.2) is 0 Å². The summed E-state index contributed by atoms with van der Waals surface area (Å²) in [6, 6.07) is 4.82. The number of nitrogens with zero attached hydrogens (tertiary/aromatic N) is 3. The number of fused-ring (bicyclic) bond motifs is 1. The quantitative estimate of drug-likeness (QED) is 0.849. The summed E-state index contributed by atoms with van der Waals surface area (Å²) in [5.74, 6) is 0.487. The summed E-state index contributed by atoms with van der Waals surface area (Å²) >= 11 is 0. The number of hydrogen-bond donors (Lipinski definition) is 0. The fraction of sp³-hybridized carbons (Fsp3) is 0.444. The van der Waals surface area contributed by atoms with Crippen molar-refractivity contribution in [3.63, 3.8) is 0 Å². The molecule has 24 heavy (non-hydrogen) atoms. The Morgan fingerprint density at radius 3 is 3.04 bits per heavy atom. The Hall–Kier alpha value is -2.21. The molecule has 126 valence electrons. The molecule has 1 aromatic carbocycles. The first-order chi connectivity index (χ1) is 11.6. The summed E-state index contributed by atoms with van der Waals surface area (Å²) in [5, 5.41) is 0. The second-order valence-corrected chi connectivity index (χ2v) is 6.51. The smallest absolute Gasteiger partial charge is 0.229 e. The molecule has 2 aliphatic heterocycles. The van der Waals surface area contributed by atoms with Gasteiger partial charge in [-0.25, -0.2) is 9.37 Å². The van der Waals surface area contributed by atoms with Gasteiger partial charge in [-0.2, -0.15) is 0 Å². The minimum Gasteiger partial charge on any atom is -0.369 e. The predicted octanol–water partition coefficient (Wildman–Crippen LogP) is 2.22. The molecule has 1 aromatic heterocycles. The number of carbonyl (C=O) groups is 1. The minimum atomic E-state index is -0.285. The van der Waals surface area contributed by atoms with E-state index in [1.165, 1.54) is 6.07 Å². The van der Waals surface area contributed by atoms with Gasteiger partial charge >= 0.3 is 0 Å². The molecule has 0 bridgehead atoms. The Kier molecular flexibility index (Phi) is 3.84. The Balaban J connectivity index is 1.53. The van der Waals surface area contributed by atoms with Crippen LogP contribution in [0.1, 0.15) is 29.5 Å². The second kappa shape index (κ2) is 6.02. The molecule has 2 aliphatic rings. The molecule has 3 heterocycles. The maximum Gasteiger partial charge on any atom is 0.229 e. The third-order valence-electron chi connectivity index (χ3n) is 5.01. The van der Waals surface area contributed by atoms with Crippen LogP contribution in [0, 0.1) is 11.7 Å². The zero-order valence-electron chi connectivity index (χ0n) is 13.6. The van der Waals surface area contributed by atoms with Crippen molar-refractivity contribution in [1.82, 2.24) is 14.5 Å². The molecule has 1 fully saturated rings. The lowest BCUT2D eigenvalue weighted by Gasteiger charge is -2.32. The average molecular weight is 329 g/mol. The fourth-order valence-electron chi connectivity index (χ4n) is 3.69. The number of amides is 1. The monoisotopic (exact) mass is 329 g/mol. The van der Waals surface area contributed by atoms with E-state index < -0.39 is 0 Å². The largest absolute Gasteiger partial charge is 0.369 e. The molecule has 0 aliphatic carbocycles. The second-order valence-electron chi connectivity index (χ2n) is 6.51. The van der Waals surface area contributed by atoms with Gasteiger partial charge in [0.05, 0.1) is 5.92 Å². The van der Waals surface area contributed by atoms with Crippen molar-refractivity contribution >= 4 is 5.91 Å². The van der Waals surface area contributed by atoms with E-state index in [9.17, 15) is 9.18 Å². The number of hydrogen-bond acceptors (Lipinski definition) is 3. The SMILES string of the molecule is Cn1ccnc1[C@@H]1OCC[C@H]1C(=O)N1CCc2cc(F)ccc2C1. The van der Waals surface area contributed by atoms with Crippen LogP contribution in [0.2, 0.25) is 0 Å². The van der Waals surface area contributed by atoms with E-state index in [2.05, 4.69) is 4.98 Å². The van der Waals surface area contributed by atoms with Crippen molar-refractivity contribution in [2.24, 2.45) is 13.0 Å². The first-order valence-electron chi connectivity index (χ1n) is 8.28. The summed E-state index contributed by atoms with van der Waals surface area (Å²) in [5.41, 5.74) is 2.03. The number of aromatic nitrogens is 2. The highest BCUT2D eigenvalue weighted by Crippen LogP contribution is 2.35. The molecule has 0 spiro atoms. The number of benzene rings is 1. The lowest BCUT2D eigenvalue weighted by atomic mass is 9.95. The molecular formula is C18H20FN3O2. The fourth-order valence-corrected chi connectivity index (χ4v) is 3.69. The van der Waals surface area contributed by atoms with Crippen molar-refractivity contribution in [1.29, 1.82) is 0 Å². The molecule has 0 saturated carbocycles. The Morgan fingerprint density at radius 2 is 2.25 bits per heavy atom. The van der Waals surface area contributed by atoms with E-state index in [0.717, 1.165) is 17.0 Å². The van der Waals surface area contributed by atoms with Gasteiger partial charge in [0.1, 0.15) is 17.7 Å². The number of ether oxygens (including phenoxy) is 1. The van der Waals surface area contributed by atoms with Crippen LogP contribution in [-0.2, 0) is 29.5 Å². The molecule has 5 nitrogen and oxygen atoms in total. The topological polar surface area (TPSA) is 47.4 Å². The molecule has 0 radical (unpaired) electrons. The maximum atomic E-state index is 13.3. The van der Waals surface area contributed by atoms with Crippen molar-refractivity contribution in [3.8, 4) is 0 Å². The predicted molar refractivity (Wildman–Crippen MR) is 85.5 cm³/mol. The molecule has 0 N–H and O–H groups in total. The van der Waals surface area contributed by atoms with Gasteiger partial charge in [-0.05, 0) is 36.1 Å². The van der Waals surface area contributed by atoms with Gasteiger partial charge in [-0.3, -0.25) is 4.79 Å². The van der Waals surface area contributed by atoms with Crippen LogP contribution < -0.4 is 0 Å². The normalized spacial score (nSPS) is 23.3.